The van der Waals surface area contributed by atoms with Gasteiger partial charge in [-0.1, -0.05) is 17.3 Å². The first-order chi connectivity index (χ1) is 12.3. The van der Waals surface area contributed by atoms with Crippen LogP contribution in [-0.4, -0.2) is 24.4 Å². The Morgan fingerprint density at radius 3 is 2.88 bits per heavy atom. The molecule has 6 nitrogen and oxygen atoms in total. The fourth-order valence-corrected chi connectivity index (χ4v) is 3.03. The maximum atomic E-state index is 9.09. The average Bonchev–Trinajstić information content (AvgIpc) is 3.24. The molecule has 0 aliphatic heterocycles. The van der Waals surface area contributed by atoms with E-state index in [2.05, 4.69) is 21.4 Å². The molecule has 1 fully saturated rings. The van der Waals surface area contributed by atoms with Crippen LogP contribution in [0.2, 0.25) is 0 Å². The molecule has 0 unspecified atom stereocenters. The fraction of sp³-hybridized carbons (Fsp3) is 0.158. The van der Waals surface area contributed by atoms with Crippen LogP contribution in [0.15, 0.2) is 55.0 Å². The first kappa shape index (κ1) is 13.9. The van der Waals surface area contributed by atoms with Gasteiger partial charge < -0.3 is 0 Å². The van der Waals surface area contributed by atoms with Crippen molar-refractivity contribution < 1.29 is 0 Å². The van der Waals surface area contributed by atoms with E-state index in [0.29, 0.717) is 11.6 Å². The lowest BCUT2D eigenvalue weighted by atomic mass is 10.1. The third-order valence-electron chi connectivity index (χ3n) is 4.53. The zero-order chi connectivity index (χ0) is 16.8. The zero-order valence-corrected chi connectivity index (χ0v) is 13.4. The lowest BCUT2D eigenvalue weighted by Crippen LogP contribution is -1.93. The highest BCUT2D eigenvalue weighted by molar-refractivity contribution is 5.69. The number of aromatic nitrogens is 5. The van der Waals surface area contributed by atoms with E-state index >= 15 is 0 Å². The number of hydrogen-bond acceptors (Lipinski definition) is 4. The first-order valence-electron chi connectivity index (χ1n) is 8.22. The zero-order valence-electron chi connectivity index (χ0n) is 13.4. The second-order valence-electron chi connectivity index (χ2n) is 6.29. The molecule has 120 valence electrons. The SMILES string of the molecule is N#Cc1cccc(-c2cnc3cc(-c4cn(C5CC5)nn4)ccn23)c1. The van der Waals surface area contributed by atoms with E-state index in [0.717, 1.165) is 28.2 Å². The molecule has 6 heteroatoms. The molecular formula is C19H14N6. The van der Waals surface area contributed by atoms with E-state index in [1.54, 1.807) is 6.07 Å². The molecular weight excluding hydrogens is 312 g/mol. The largest absolute Gasteiger partial charge is 0.300 e. The van der Waals surface area contributed by atoms with Gasteiger partial charge in [0, 0.05) is 17.3 Å². The number of hydrogen-bond donors (Lipinski definition) is 0. The van der Waals surface area contributed by atoms with E-state index in [1.165, 1.54) is 12.8 Å². The van der Waals surface area contributed by atoms with Crippen LogP contribution >= 0.6 is 0 Å². The molecule has 1 saturated carbocycles. The minimum Gasteiger partial charge on any atom is -0.300 e. The van der Waals surface area contributed by atoms with Crippen molar-refractivity contribution in [3.05, 3.63) is 60.6 Å². The number of nitriles is 1. The predicted octanol–water partition coefficient (Wildman–Crippen LogP) is 3.47. The first-order valence-corrected chi connectivity index (χ1v) is 8.22. The molecule has 0 radical (unpaired) electrons. The highest BCUT2D eigenvalue weighted by atomic mass is 15.4. The summed E-state index contributed by atoms with van der Waals surface area (Å²) in [6.45, 7) is 0. The van der Waals surface area contributed by atoms with Crippen molar-refractivity contribution in [3.8, 4) is 28.6 Å². The van der Waals surface area contributed by atoms with Crippen molar-refractivity contribution in [3.63, 3.8) is 0 Å². The summed E-state index contributed by atoms with van der Waals surface area (Å²) in [6, 6.07) is 14.3. The Balaban J connectivity index is 1.56. The normalized spacial score (nSPS) is 13.9. The number of rotatable bonds is 3. The van der Waals surface area contributed by atoms with Crippen LogP contribution in [0.3, 0.4) is 0 Å². The minimum absolute atomic E-state index is 0.524. The Morgan fingerprint density at radius 2 is 2.04 bits per heavy atom. The molecule has 0 bridgehead atoms. The molecule has 5 rings (SSSR count). The second kappa shape index (κ2) is 5.28. The van der Waals surface area contributed by atoms with Gasteiger partial charge >= 0.3 is 0 Å². The summed E-state index contributed by atoms with van der Waals surface area (Å²) in [6.07, 6.45) is 8.20. The van der Waals surface area contributed by atoms with Gasteiger partial charge in [0.05, 0.1) is 35.8 Å². The Morgan fingerprint density at radius 1 is 1.12 bits per heavy atom. The monoisotopic (exact) mass is 326 g/mol. The van der Waals surface area contributed by atoms with Crippen molar-refractivity contribution in [1.29, 1.82) is 5.26 Å². The summed E-state index contributed by atoms with van der Waals surface area (Å²) < 4.78 is 3.97. The lowest BCUT2D eigenvalue weighted by Gasteiger charge is -2.03. The van der Waals surface area contributed by atoms with Gasteiger partial charge in [0.25, 0.3) is 0 Å². The van der Waals surface area contributed by atoms with Gasteiger partial charge in [-0.2, -0.15) is 5.26 Å². The fourth-order valence-electron chi connectivity index (χ4n) is 3.03. The molecule has 3 aromatic heterocycles. The molecule has 1 aliphatic rings. The predicted molar refractivity (Wildman–Crippen MR) is 92.6 cm³/mol. The Kier molecular flexibility index (Phi) is 2.94. The van der Waals surface area contributed by atoms with E-state index in [-0.39, 0.29) is 0 Å². The number of imidazole rings is 1. The van der Waals surface area contributed by atoms with Gasteiger partial charge in [-0.05, 0) is 37.1 Å². The molecule has 0 N–H and O–H groups in total. The Bertz CT molecular complexity index is 1130. The van der Waals surface area contributed by atoms with E-state index in [1.807, 2.05) is 58.0 Å². The number of pyridine rings is 1. The number of benzene rings is 1. The van der Waals surface area contributed by atoms with Crippen LogP contribution in [0.25, 0.3) is 28.2 Å². The van der Waals surface area contributed by atoms with Gasteiger partial charge in [0.1, 0.15) is 11.3 Å². The molecule has 3 heterocycles. The highest BCUT2D eigenvalue weighted by Crippen LogP contribution is 2.34. The number of fused-ring (bicyclic) bond motifs is 1. The van der Waals surface area contributed by atoms with E-state index in [4.69, 9.17) is 5.26 Å². The summed E-state index contributed by atoms with van der Waals surface area (Å²) in [5.41, 5.74) is 5.28. The topological polar surface area (TPSA) is 71.8 Å². The molecule has 0 amide bonds. The van der Waals surface area contributed by atoms with Crippen LogP contribution < -0.4 is 0 Å². The van der Waals surface area contributed by atoms with Crippen molar-refractivity contribution >= 4 is 5.65 Å². The summed E-state index contributed by atoms with van der Waals surface area (Å²) >= 11 is 0. The molecule has 0 atom stereocenters. The highest BCUT2D eigenvalue weighted by Gasteiger charge is 2.25. The van der Waals surface area contributed by atoms with Gasteiger partial charge in [-0.25, -0.2) is 9.67 Å². The quantitative estimate of drug-likeness (QED) is 0.578. The lowest BCUT2D eigenvalue weighted by molar-refractivity contribution is 0.610. The number of nitrogens with zero attached hydrogens (tertiary/aromatic N) is 6. The van der Waals surface area contributed by atoms with Crippen molar-refractivity contribution in [2.45, 2.75) is 18.9 Å². The van der Waals surface area contributed by atoms with Crippen molar-refractivity contribution in [2.24, 2.45) is 0 Å². The maximum Gasteiger partial charge on any atom is 0.137 e. The minimum atomic E-state index is 0.524. The molecule has 0 spiro atoms. The summed E-state index contributed by atoms with van der Waals surface area (Å²) in [5, 5.41) is 17.6. The van der Waals surface area contributed by atoms with Crippen molar-refractivity contribution in [1.82, 2.24) is 24.4 Å². The standard InChI is InChI=1S/C19H14N6/c20-10-13-2-1-3-15(8-13)18-11-21-19-9-14(6-7-24(18)19)17-12-25(23-22-17)16-4-5-16/h1-3,6-9,11-12,16H,4-5H2. The third-order valence-corrected chi connectivity index (χ3v) is 4.53. The van der Waals surface area contributed by atoms with Gasteiger partial charge in [0.15, 0.2) is 0 Å². The van der Waals surface area contributed by atoms with Gasteiger partial charge in [-0.15, -0.1) is 5.10 Å². The van der Waals surface area contributed by atoms with E-state index < -0.39 is 0 Å². The van der Waals surface area contributed by atoms with Crippen LogP contribution in [0, 0.1) is 11.3 Å². The van der Waals surface area contributed by atoms with Crippen LogP contribution in [0.4, 0.5) is 0 Å². The molecule has 1 aliphatic carbocycles. The van der Waals surface area contributed by atoms with E-state index in [9.17, 15) is 0 Å². The summed E-state index contributed by atoms with van der Waals surface area (Å²) in [7, 11) is 0. The average molecular weight is 326 g/mol. The Labute approximate surface area is 144 Å². The molecule has 0 saturated heterocycles. The maximum absolute atomic E-state index is 9.09. The van der Waals surface area contributed by atoms with Gasteiger partial charge in [-0.3, -0.25) is 4.40 Å². The third kappa shape index (κ3) is 2.37. The molecule has 1 aromatic carbocycles. The van der Waals surface area contributed by atoms with Crippen molar-refractivity contribution in [2.75, 3.05) is 0 Å². The van der Waals surface area contributed by atoms with Crippen LogP contribution in [0.5, 0.6) is 0 Å². The van der Waals surface area contributed by atoms with Crippen LogP contribution in [0.1, 0.15) is 24.4 Å². The Hall–Kier alpha value is -3.46. The second-order valence-corrected chi connectivity index (χ2v) is 6.29. The smallest absolute Gasteiger partial charge is 0.137 e. The molecule has 25 heavy (non-hydrogen) atoms. The van der Waals surface area contributed by atoms with Crippen LogP contribution in [-0.2, 0) is 0 Å². The summed E-state index contributed by atoms with van der Waals surface area (Å²) in [5.74, 6) is 0. The van der Waals surface area contributed by atoms with Gasteiger partial charge in [0.2, 0.25) is 0 Å². The molecule has 4 aromatic rings. The summed E-state index contributed by atoms with van der Waals surface area (Å²) in [4.78, 5) is 4.52.